The summed E-state index contributed by atoms with van der Waals surface area (Å²) in [5.41, 5.74) is 12.2. The first-order valence-corrected chi connectivity index (χ1v) is 17.8. The van der Waals surface area contributed by atoms with Gasteiger partial charge in [0, 0.05) is 47.5 Å². The van der Waals surface area contributed by atoms with E-state index in [-0.39, 0.29) is 0 Å². The van der Waals surface area contributed by atoms with Crippen molar-refractivity contribution in [3.05, 3.63) is 149 Å². The van der Waals surface area contributed by atoms with Crippen LogP contribution in [0.25, 0.3) is 54.8 Å². The number of allylic oxidation sites excluding steroid dienone is 8. The molecule has 45 heavy (non-hydrogen) atoms. The lowest BCUT2D eigenvalue weighted by molar-refractivity contribution is 0.879. The number of para-hydroxylation sites is 1. The summed E-state index contributed by atoms with van der Waals surface area (Å²) < 4.78 is 3.91. The Labute approximate surface area is 271 Å². The fourth-order valence-corrected chi connectivity index (χ4v) is 10.8. The predicted molar refractivity (Wildman–Crippen MR) is 196 cm³/mol. The molecule has 1 aliphatic heterocycles. The smallest absolute Gasteiger partial charge is 0.0555 e. The molecule has 0 bridgehead atoms. The van der Waals surface area contributed by atoms with Gasteiger partial charge in [0.25, 0.3) is 0 Å². The maximum Gasteiger partial charge on any atom is 0.0555 e. The maximum absolute atomic E-state index is 2.49. The van der Waals surface area contributed by atoms with E-state index >= 15 is 0 Å². The van der Waals surface area contributed by atoms with Crippen LogP contribution in [0.5, 0.6) is 0 Å². The third-order valence-corrected chi connectivity index (χ3v) is 12.8. The number of rotatable bonds is 3. The summed E-state index contributed by atoms with van der Waals surface area (Å²) in [6.07, 6.45) is 23.2. The third kappa shape index (κ3) is 3.94. The highest BCUT2D eigenvalue weighted by Gasteiger charge is 2.33. The maximum atomic E-state index is 2.49. The quantitative estimate of drug-likeness (QED) is 0.192. The van der Waals surface area contributed by atoms with Crippen LogP contribution < -0.4 is 0 Å². The topological polar surface area (TPSA) is 4.93 Å². The van der Waals surface area contributed by atoms with Crippen molar-refractivity contribution in [2.45, 2.75) is 41.7 Å². The van der Waals surface area contributed by atoms with Crippen LogP contribution in [0.1, 0.15) is 52.3 Å². The second kappa shape index (κ2) is 10.1. The number of thiophene rings is 1. The highest BCUT2D eigenvalue weighted by Crippen LogP contribution is 2.51. The summed E-state index contributed by atoms with van der Waals surface area (Å²) in [6.45, 7) is 0. The molecule has 10 rings (SSSR count). The Balaban J connectivity index is 1.09. The van der Waals surface area contributed by atoms with Gasteiger partial charge in [0.15, 0.2) is 0 Å². The molecule has 2 aromatic heterocycles. The van der Waals surface area contributed by atoms with Gasteiger partial charge in [-0.1, -0.05) is 103 Å². The molecule has 0 saturated carbocycles. The number of benzene rings is 4. The van der Waals surface area contributed by atoms with E-state index in [0.29, 0.717) is 11.2 Å². The van der Waals surface area contributed by atoms with Crippen molar-refractivity contribution < 1.29 is 0 Å². The van der Waals surface area contributed by atoms with E-state index in [9.17, 15) is 0 Å². The zero-order valence-electron chi connectivity index (χ0n) is 24.9. The lowest BCUT2D eigenvalue weighted by Gasteiger charge is -2.18. The molecule has 4 aromatic carbocycles. The molecule has 2 unspecified atom stereocenters. The van der Waals surface area contributed by atoms with Crippen LogP contribution in [0.15, 0.2) is 126 Å². The summed E-state index contributed by atoms with van der Waals surface area (Å²) >= 11 is 4.05. The van der Waals surface area contributed by atoms with Crippen molar-refractivity contribution in [3.8, 4) is 5.69 Å². The molecule has 3 heterocycles. The second-order valence-electron chi connectivity index (χ2n) is 12.6. The summed E-state index contributed by atoms with van der Waals surface area (Å²) in [5.74, 6) is 0.495. The largest absolute Gasteiger partial charge is 0.309 e. The Kier molecular flexibility index (Phi) is 5.83. The highest BCUT2D eigenvalue weighted by molar-refractivity contribution is 8.00. The lowest BCUT2D eigenvalue weighted by atomic mass is 9.87. The number of aromatic nitrogens is 1. The molecule has 3 aliphatic carbocycles. The molecule has 0 saturated heterocycles. The first kappa shape index (κ1) is 26.0. The summed E-state index contributed by atoms with van der Waals surface area (Å²) in [6, 6.07) is 29.8. The van der Waals surface area contributed by atoms with E-state index in [0.717, 1.165) is 25.7 Å². The third-order valence-electron chi connectivity index (χ3n) is 10.1. The lowest BCUT2D eigenvalue weighted by Crippen LogP contribution is -2.06. The van der Waals surface area contributed by atoms with Gasteiger partial charge in [-0.3, -0.25) is 0 Å². The highest BCUT2D eigenvalue weighted by atomic mass is 32.2. The van der Waals surface area contributed by atoms with Crippen LogP contribution in [-0.4, -0.2) is 9.82 Å². The van der Waals surface area contributed by atoms with Gasteiger partial charge in [0.05, 0.1) is 11.0 Å². The Morgan fingerprint density at radius 3 is 2.71 bits per heavy atom. The van der Waals surface area contributed by atoms with Crippen LogP contribution >= 0.6 is 23.1 Å². The van der Waals surface area contributed by atoms with Crippen LogP contribution in [0.3, 0.4) is 0 Å². The molecule has 0 radical (unpaired) electrons. The molecular formula is C42H31NS2. The Bertz CT molecular complexity index is 2370. The van der Waals surface area contributed by atoms with E-state index in [1.807, 2.05) is 23.1 Å². The molecule has 6 aromatic rings. The van der Waals surface area contributed by atoms with Crippen LogP contribution in [0.2, 0.25) is 0 Å². The molecule has 216 valence electrons. The average molecular weight is 614 g/mol. The number of thioether (sulfide) groups is 1. The molecular weight excluding hydrogens is 583 g/mol. The SMILES string of the molecule is C1=CC2Sc3c(C4=CC(c5cccc(-n6c7ccccc7c7c8sc9c(c8ccc76)C=CCC9)c5)=CCC4)cccc3C2C=C1. The Hall–Kier alpha value is -4.31. The second-order valence-corrected chi connectivity index (χ2v) is 14.9. The number of nitrogens with zero attached hydrogens (tertiary/aromatic N) is 1. The normalized spacial score (nSPS) is 20.0. The van der Waals surface area contributed by atoms with Crippen molar-refractivity contribution in [3.63, 3.8) is 0 Å². The van der Waals surface area contributed by atoms with Gasteiger partial charge in [0.1, 0.15) is 0 Å². The van der Waals surface area contributed by atoms with Crippen molar-refractivity contribution in [1.82, 2.24) is 4.57 Å². The Morgan fingerprint density at radius 2 is 1.71 bits per heavy atom. The van der Waals surface area contributed by atoms with Crippen LogP contribution in [0.4, 0.5) is 0 Å². The monoisotopic (exact) mass is 613 g/mol. The van der Waals surface area contributed by atoms with E-state index in [2.05, 4.69) is 132 Å². The van der Waals surface area contributed by atoms with E-state index < -0.39 is 0 Å². The molecule has 2 atom stereocenters. The van der Waals surface area contributed by atoms with Gasteiger partial charge in [-0.05, 0) is 83.3 Å². The molecule has 3 heteroatoms. The average Bonchev–Trinajstić information content (AvgIpc) is 3.78. The number of fused-ring (bicyclic) bond motifs is 10. The zero-order valence-corrected chi connectivity index (χ0v) is 26.5. The Morgan fingerprint density at radius 1 is 0.778 bits per heavy atom. The van der Waals surface area contributed by atoms with Gasteiger partial charge in [0.2, 0.25) is 0 Å². The van der Waals surface area contributed by atoms with Crippen molar-refractivity contribution in [2.75, 3.05) is 0 Å². The standard InChI is InChI=1S/C42H31NS2/c1-4-19-36-35(16-1)40-37(23-22-34-32-15-3-6-21-39(32)45-42(34)40)43(36)29-13-8-11-27(25-29)26-10-7-12-28(24-26)30-17-9-18-33-31-14-2-5-20-38(31)44-41(30)33/h1-5,8-11,13-20,22-25,31,38H,6-7,12,21H2. The van der Waals surface area contributed by atoms with Gasteiger partial charge in [-0.2, -0.15) is 0 Å². The molecule has 4 aliphatic rings. The van der Waals surface area contributed by atoms with E-state index in [1.165, 1.54) is 80.8 Å². The molecule has 0 amide bonds. The zero-order chi connectivity index (χ0) is 29.5. The summed E-state index contributed by atoms with van der Waals surface area (Å²) in [7, 11) is 0. The van der Waals surface area contributed by atoms with Gasteiger partial charge in [-0.15, -0.1) is 23.1 Å². The van der Waals surface area contributed by atoms with Crippen molar-refractivity contribution in [2.24, 2.45) is 0 Å². The minimum absolute atomic E-state index is 0.495. The van der Waals surface area contributed by atoms with Gasteiger partial charge < -0.3 is 4.57 Å². The minimum Gasteiger partial charge on any atom is -0.309 e. The van der Waals surface area contributed by atoms with E-state index in [1.54, 1.807) is 0 Å². The number of aryl methyl sites for hydroxylation is 1. The predicted octanol–water partition coefficient (Wildman–Crippen LogP) is 11.9. The molecule has 1 nitrogen and oxygen atoms in total. The summed E-state index contributed by atoms with van der Waals surface area (Å²) in [4.78, 5) is 3.01. The van der Waals surface area contributed by atoms with Gasteiger partial charge in [-0.25, -0.2) is 0 Å². The van der Waals surface area contributed by atoms with Crippen LogP contribution in [0, 0.1) is 0 Å². The first-order chi connectivity index (χ1) is 22.3. The number of hydrogen-bond acceptors (Lipinski definition) is 2. The number of hydrogen-bond donors (Lipinski definition) is 0. The summed E-state index contributed by atoms with van der Waals surface area (Å²) in [5, 5.41) is 4.65. The van der Waals surface area contributed by atoms with Crippen molar-refractivity contribution in [1.29, 1.82) is 0 Å². The minimum atomic E-state index is 0.495. The fraction of sp³-hybridized carbons (Fsp3) is 0.143. The van der Waals surface area contributed by atoms with Gasteiger partial charge >= 0.3 is 0 Å². The molecule has 0 N–H and O–H groups in total. The molecule has 0 fully saturated rings. The first-order valence-electron chi connectivity index (χ1n) is 16.1. The van der Waals surface area contributed by atoms with Crippen molar-refractivity contribution >= 4 is 72.2 Å². The fourth-order valence-electron chi connectivity index (χ4n) is 8.00. The van der Waals surface area contributed by atoms with E-state index in [4.69, 9.17) is 0 Å². The van der Waals surface area contributed by atoms with Crippen LogP contribution in [-0.2, 0) is 6.42 Å². The molecule has 0 spiro atoms.